The second-order valence-corrected chi connectivity index (χ2v) is 6.23. The van der Waals surface area contributed by atoms with Crippen LogP contribution in [-0.2, 0) is 14.4 Å². The molecule has 0 spiro atoms. The predicted octanol–water partition coefficient (Wildman–Crippen LogP) is -0.821. The summed E-state index contributed by atoms with van der Waals surface area (Å²) in [6.07, 6.45) is 0. The maximum absolute atomic E-state index is 12.1. The number of nitrogens with one attached hydrogen (secondary N) is 4. The first-order valence-electron chi connectivity index (χ1n) is 8.67. The Hall–Kier alpha value is -2.61. The fourth-order valence-electron chi connectivity index (χ4n) is 2.26. The van der Waals surface area contributed by atoms with E-state index in [0.29, 0.717) is 18.0 Å². The monoisotopic (exact) mass is 365 g/mol. The van der Waals surface area contributed by atoms with E-state index in [1.807, 2.05) is 20.8 Å². The number of amides is 3. The Bertz CT molecular complexity index is 602. The van der Waals surface area contributed by atoms with Gasteiger partial charge in [-0.15, -0.1) is 0 Å². The smallest absolute Gasteiger partial charge is 0.279 e. The normalized spacial score (nSPS) is 11.6. The van der Waals surface area contributed by atoms with Crippen molar-refractivity contribution in [3.8, 4) is 5.75 Å². The lowest BCUT2D eigenvalue weighted by atomic mass is 10.3. The molecular formula is C18H29N4O4+. The van der Waals surface area contributed by atoms with Gasteiger partial charge >= 0.3 is 0 Å². The summed E-state index contributed by atoms with van der Waals surface area (Å²) in [5.74, 6) is 0.0287. The van der Waals surface area contributed by atoms with Gasteiger partial charge in [0.2, 0.25) is 5.91 Å². The van der Waals surface area contributed by atoms with E-state index in [0.717, 1.165) is 4.90 Å². The Balaban J connectivity index is 2.41. The van der Waals surface area contributed by atoms with Gasteiger partial charge in [0.15, 0.2) is 13.1 Å². The van der Waals surface area contributed by atoms with Crippen LogP contribution in [-0.4, -0.2) is 57.1 Å². The van der Waals surface area contributed by atoms with Crippen molar-refractivity contribution in [3.05, 3.63) is 24.3 Å². The maximum Gasteiger partial charge on any atom is 0.279 e. The minimum atomic E-state index is -0.266. The first kappa shape index (κ1) is 21.4. The maximum atomic E-state index is 12.1. The van der Waals surface area contributed by atoms with Gasteiger partial charge in [-0.25, -0.2) is 0 Å². The molecule has 1 rings (SSSR count). The number of benzene rings is 1. The number of quaternary nitrogens is 1. The number of carbonyl (C=O) groups excluding carboxylic acids is 3. The SMILES string of the molecule is CC[NH+](CC(=O)NCC(=O)NC(C)C)CC(=O)Nc1ccc(OC)cc1. The third-order valence-corrected chi connectivity index (χ3v) is 3.59. The molecule has 8 heteroatoms. The number of anilines is 1. The molecule has 0 bridgehead atoms. The number of hydrogen-bond acceptors (Lipinski definition) is 4. The average Bonchev–Trinajstić information content (AvgIpc) is 2.59. The molecule has 1 aromatic rings. The molecule has 1 aromatic carbocycles. The van der Waals surface area contributed by atoms with Gasteiger partial charge in [-0.1, -0.05) is 0 Å². The average molecular weight is 365 g/mol. The van der Waals surface area contributed by atoms with Crippen LogP contribution in [0.1, 0.15) is 20.8 Å². The fraction of sp³-hybridized carbons (Fsp3) is 0.500. The van der Waals surface area contributed by atoms with Crippen LogP contribution in [0.15, 0.2) is 24.3 Å². The third kappa shape index (κ3) is 8.48. The zero-order valence-corrected chi connectivity index (χ0v) is 15.8. The Morgan fingerprint density at radius 3 is 2.19 bits per heavy atom. The highest BCUT2D eigenvalue weighted by Gasteiger charge is 2.17. The van der Waals surface area contributed by atoms with Gasteiger partial charge in [-0.2, -0.15) is 0 Å². The highest BCUT2D eigenvalue weighted by Crippen LogP contribution is 2.14. The van der Waals surface area contributed by atoms with Crippen molar-refractivity contribution in [2.75, 3.05) is 38.6 Å². The molecule has 0 aliphatic heterocycles. The van der Waals surface area contributed by atoms with Crippen molar-refractivity contribution >= 4 is 23.4 Å². The van der Waals surface area contributed by atoms with Gasteiger partial charge in [0.1, 0.15) is 5.75 Å². The first-order chi connectivity index (χ1) is 12.3. The summed E-state index contributed by atoms with van der Waals surface area (Å²) in [5.41, 5.74) is 0.668. The first-order valence-corrected chi connectivity index (χ1v) is 8.67. The largest absolute Gasteiger partial charge is 0.497 e. The highest BCUT2D eigenvalue weighted by molar-refractivity contribution is 5.91. The van der Waals surface area contributed by atoms with Crippen molar-refractivity contribution in [2.45, 2.75) is 26.8 Å². The summed E-state index contributed by atoms with van der Waals surface area (Å²) in [6.45, 7) is 6.44. The van der Waals surface area contributed by atoms with E-state index < -0.39 is 0 Å². The van der Waals surface area contributed by atoms with Crippen LogP contribution in [0.25, 0.3) is 0 Å². The molecule has 0 radical (unpaired) electrons. The van der Waals surface area contributed by atoms with Crippen molar-refractivity contribution in [2.24, 2.45) is 0 Å². The number of likely N-dealkylation sites (N-methyl/N-ethyl adjacent to an activating group) is 1. The summed E-state index contributed by atoms with van der Waals surface area (Å²) in [6, 6.07) is 7.05. The van der Waals surface area contributed by atoms with Gasteiger partial charge in [-0.05, 0) is 45.0 Å². The van der Waals surface area contributed by atoms with E-state index in [2.05, 4.69) is 16.0 Å². The van der Waals surface area contributed by atoms with Crippen LogP contribution in [0.3, 0.4) is 0 Å². The quantitative estimate of drug-likeness (QED) is 0.435. The van der Waals surface area contributed by atoms with Crippen molar-refractivity contribution in [1.29, 1.82) is 0 Å². The van der Waals surface area contributed by atoms with E-state index in [1.165, 1.54) is 0 Å². The van der Waals surface area contributed by atoms with Crippen molar-refractivity contribution < 1.29 is 24.0 Å². The Morgan fingerprint density at radius 1 is 1.04 bits per heavy atom. The minimum absolute atomic E-state index is 0.0267. The van der Waals surface area contributed by atoms with Crippen molar-refractivity contribution in [3.63, 3.8) is 0 Å². The van der Waals surface area contributed by atoms with Crippen LogP contribution < -0.4 is 25.6 Å². The summed E-state index contributed by atoms with van der Waals surface area (Å²) < 4.78 is 5.07. The minimum Gasteiger partial charge on any atom is -0.497 e. The Kier molecular flexibility index (Phi) is 9.14. The predicted molar refractivity (Wildman–Crippen MR) is 99.1 cm³/mol. The molecule has 1 unspecified atom stereocenters. The van der Waals surface area contributed by atoms with Crippen LogP contribution >= 0.6 is 0 Å². The zero-order valence-electron chi connectivity index (χ0n) is 15.8. The molecule has 26 heavy (non-hydrogen) atoms. The summed E-state index contributed by atoms with van der Waals surface area (Å²) in [4.78, 5) is 36.4. The Labute approximate surface area is 154 Å². The molecule has 0 saturated heterocycles. The molecule has 0 aromatic heterocycles. The number of hydrogen-bond donors (Lipinski definition) is 4. The van der Waals surface area contributed by atoms with E-state index >= 15 is 0 Å². The van der Waals surface area contributed by atoms with Crippen LogP contribution in [0.4, 0.5) is 5.69 Å². The molecule has 0 aliphatic rings. The Morgan fingerprint density at radius 2 is 1.65 bits per heavy atom. The van der Waals surface area contributed by atoms with Gasteiger partial charge in [0.05, 0.1) is 20.2 Å². The second kappa shape index (κ2) is 11.1. The number of carbonyl (C=O) groups is 3. The van der Waals surface area contributed by atoms with Gasteiger partial charge < -0.3 is 25.6 Å². The van der Waals surface area contributed by atoms with Crippen LogP contribution in [0.2, 0.25) is 0 Å². The lowest BCUT2D eigenvalue weighted by molar-refractivity contribution is -0.881. The van der Waals surface area contributed by atoms with Gasteiger partial charge in [0.25, 0.3) is 11.8 Å². The number of methoxy groups -OCH3 is 1. The topological polar surface area (TPSA) is 101 Å². The lowest BCUT2D eigenvalue weighted by Crippen LogP contribution is -3.14. The molecule has 0 saturated carbocycles. The standard InChI is InChI=1S/C18H28N4O4/c1-5-22(11-17(24)19-10-16(23)20-13(2)3)12-18(25)21-14-6-8-15(26-4)9-7-14/h6-9,13H,5,10-12H2,1-4H3,(H,19,24)(H,20,23)(H,21,25)/p+1. The molecule has 0 aliphatic carbocycles. The van der Waals surface area contributed by atoms with E-state index in [-0.39, 0.29) is 43.4 Å². The van der Waals surface area contributed by atoms with Gasteiger partial charge in [0, 0.05) is 11.7 Å². The zero-order chi connectivity index (χ0) is 19.5. The second-order valence-electron chi connectivity index (χ2n) is 6.23. The molecule has 8 nitrogen and oxygen atoms in total. The van der Waals surface area contributed by atoms with E-state index in [4.69, 9.17) is 4.74 Å². The highest BCUT2D eigenvalue weighted by atomic mass is 16.5. The molecule has 0 heterocycles. The van der Waals surface area contributed by atoms with Gasteiger partial charge in [-0.3, -0.25) is 14.4 Å². The number of ether oxygens (including phenoxy) is 1. The molecule has 3 amide bonds. The molecule has 144 valence electrons. The van der Waals surface area contributed by atoms with E-state index in [1.54, 1.807) is 31.4 Å². The van der Waals surface area contributed by atoms with Crippen LogP contribution in [0, 0.1) is 0 Å². The van der Waals surface area contributed by atoms with Crippen molar-refractivity contribution in [1.82, 2.24) is 10.6 Å². The summed E-state index contributed by atoms with van der Waals surface area (Å²) in [7, 11) is 1.58. The molecular weight excluding hydrogens is 336 g/mol. The van der Waals surface area contributed by atoms with E-state index in [9.17, 15) is 14.4 Å². The fourth-order valence-corrected chi connectivity index (χ4v) is 2.26. The molecule has 0 fully saturated rings. The molecule has 1 atom stereocenters. The third-order valence-electron chi connectivity index (χ3n) is 3.59. The summed E-state index contributed by atoms with van der Waals surface area (Å²) >= 11 is 0. The molecule has 4 N–H and O–H groups in total. The lowest BCUT2D eigenvalue weighted by Gasteiger charge is -2.17. The summed E-state index contributed by atoms with van der Waals surface area (Å²) in [5, 5.41) is 8.06. The number of rotatable bonds is 10. The van der Waals surface area contributed by atoms with Crippen LogP contribution in [0.5, 0.6) is 5.75 Å².